The first-order chi connectivity index (χ1) is 15.5. The Bertz CT molecular complexity index is 883. The zero-order valence-corrected chi connectivity index (χ0v) is 19.7. The Morgan fingerprint density at radius 2 is 1.53 bits per heavy atom. The van der Waals surface area contributed by atoms with Crippen LogP contribution < -0.4 is 9.47 Å². The molecule has 0 saturated carbocycles. The Kier molecular flexibility index (Phi) is 8.55. The smallest absolute Gasteiger partial charge is 0.161 e. The van der Waals surface area contributed by atoms with Gasteiger partial charge in [0.2, 0.25) is 0 Å². The van der Waals surface area contributed by atoms with Crippen LogP contribution >= 0.6 is 0 Å². The van der Waals surface area contributed by atoms with Gasteiger partial charge in [-0.15, -0.1) is 0 Å². The lowest BCUT2D eigenvalue weighted by Crippen LogP contribution is -2.31. The number of nitrogens with zero attached hydrogens (tertiary/aromatic N) is 2. The van der Waals surface area contributed by atoms with Gasteiger partial charge in [-0.1, -0.05) is 12.1 Å². The van der Waals surface area contributed by atoms with Gasteiger partial charge in [0, 0.05) is 0 Å². The van der Waals surface area contributed by atoms with E-state index in [1.807, 2.05) is 24.3 Å². The van der Waals surface area contributed by atoms with Crippen LogP contribution in [0.5, 0.6) is 11.5 Å². The fourth-order valence-corrected chi connectivity index (χ4v) is 4.63. The van der Waals surface area contributed by atoms with Crippen molar-refractivity contribution in [3.63, 3.8) is 0 Å². The lowest BCUT2D eigenvalue weighted by molar-refractivity contribution is 0.0135. The standard InChI is InChI=1S/C27H36N2O3/c1-29(16-4-6-21-7-9-22(20-28)10-8-21)17-5-13-27(30)14-11-23-18-25(31-2)26(32-3)19-24(23)12-15-27/h7-10,18-19,30H,4-6,11-17H2,1-3H3. The molecule has 0 radical (unpaired) electrons. The maximum atomic E-state index is 11.3. The van der Waals surface area contributed by atoms with Crippen LogP contribution in [0.15, 0.2) is 36.4 Å². The number of methoxy groups -OCH3 is 2. The SMILES string of the molecule is COc1cc2c(cc1OC)CCC(O)(CCCN(C)CCCc1ccc(C#N)cc1)CC2. The van der Waals surface area contributed by atoms with Crippen molar-refractivity contribution < 1.29 is 14.6 Å². The number of hydrogen-bond donors (Lipinski definition) is 1. The number of nitriles is 1. The molecule has 2 aromatic rings. The van der Waals surface area contributed by atoms with E-state index >= 15 is 0 Å². The average molecular weight is 437 g/mol. The van der Waals surface area contributed by atoms with Gasteiger partial charge in [-0.25, -0.2) is 0 Å². The van der Waals surface area contributed by atoms with Crippen molar-refractivity contribution in [1.29, 1.82) is 5.26 Å². The second-order valence-corrected chi connectivity index (χ2v) is 9.02. The summed E-state index contributed by atoms with van der Waals surface area (Å²) in [6.45, 7) is 2.02. The lowest BCUT2D eigenvalue weighted by Gasteiger charge is -2.27. The van der Waals surface area contributed by atoms with Crippen LogP contribution in [0.3, 0.4) is 0 Å². The van der Waals surface area contributed by atoms with E-state index in [9.17, 15) is 5.11 Å². The van der Waals surface area contributed by atoms with Crippen molar-refractivity contribution in [1.82, 2.24) is 4.90 Å². The lowest BCUT2D eigenvalue weighted by atomic mass is 9.89. The van der Waals surface area contributed by atoms with Crippen LogP contribution in [0.25, 0.3) is 0 Å². The van der Waals surface area contributed by atoms with Crippen molar-refractivity contribution in [2.24, 2.45) is 0 Å². The second-order valence-electron chi connectivity index (χ2n) is 9.02. The van der Waals surface area contributed by atoms with Crippen LogP contribution in [0.2, 0.25) is 0 Å². The van der Waals surface area contributed by atoms with E-state index in [2.05, 4.69) is 30.1 Å². The Balaban J connectivity index is 1.42. The number of hydrogen-bond acceptors (Lipinski definition) is 5. The quantitative estimate of drug-likeness (QED) is 0.554. The van der Waals surface area contributed by atoms with Gasteiger partial charge >= 0.3 is 0 Å². The third kappa shape index (κ3) is 6.48. The third-order valence-electron chi connectivity index (χ3n) is 6.70. The summed E-state index contributed by atoms with van der Waals surface area (Å²) >= 11 is 0. The van der Waals surface area contributed by atoms with Gasteiger partial charge in [-0.05, 0) is 112 Å². The molecule has 0 spiro atoms. The van der Waals surface area contributed by atoms with Crippen LogP contribution in [-0.2, 0) is 19.3 Å². The Labute approximate surface area is 192 Å². The van der Waals surface area contributed by atoms with Crippen molar-refractivity contribution >= 4 is 0 Å². The molecule has 32 heavy (non-hydrogen) atoms. The number of ether oxygens (including phenoxy) is 2. The minimum Gasteiger partial charge on any atom is -0.493 e. The average Bonchev–Trinajstić information content (AvgIpc) is 2.97. The zero-order valence-electron chi connectivity index (χ0n) is 19.7. The Morgan fingerprint density at radius 3 is 2.06 bits per heavy atom. The van der Waals surface area contributed by atoms with E-state index < -0.39 is 5.60 Å². The fraction of sp³-hybridized carbons (Fsp3) is 0.519. The Hall–Kier alpha value is -2.55. The number of benzene rings is 2. The molecule has 0 fully saturated rings. The summed E-state index contributed by atoms with van der Waals surface area (Å²) in [5, 5.41) is 20.1. The predicted octanol–water partition coefficient (Wildman–Crippen LogP) is 4.53. The summed E-state index contributed by atoms with van der Waals surface area (Å²) in [5.74, 6) is 1.53. The van der Waals surface area contributed by atoms with Crippen molar-refractivity contribution in [3.8, 4) is 17.6 Å². The van der Waals surface area contributed by atoms with E-state index in [-0.39, 0.29) is 0 Å². The molecule has 0 atom stereocenters. The largest absolute Gasteiger partial charge is 0.493 e. The minimum atomic E-state index is -0.608. The molecule has 5 heteroatoms. The molecule has 0 aliphatic heterocycles. The molecular weight excluding hydrogens is 400 g/mol. The molecule has 0 heterocycles. The van der Waals surface area contributed by atoms with Gasteiger partial charge in [0.25, 0.3) is 0 Å². The molecule has 172 valence electrons. The summed E-state index contributed by atoms with van der Waals surface area (Å²) in [6.07, 6.45) is 7.24. The molecule has 0 aromatic heterocycles. The van der Waals surface area contributed by atoms with E-state index in [1.54, 1.807) is 14.2 Å². The van der Waals surface area contributed by atoms with E-state index in [4.69, 9.17) is 14.7 Å². The van der Waals surface area contributed by atoms with Crippen molar-refractivity contribution in [3.05, 3.63) is 58.7 Å². The van der Waals surface area contributed by atoms with Crippen LogP contribution in [0, 0.1) is 11.3 Å². The molecule has 0 amide bonds. The van der Waals surface area contributed by atoms with Crippen LogP contribution in [0.1, 0.15) is 54.4 Å². The first-order valence-corrected chi connectivity index (χ1v) is 11.6. The maximum absolute atomic E-state index is 11.3. The summed E-state index contributed by atoms with van der Waals surface area (Å²) < 4.78 is 10.9. The van der Waals surface area contributed by atoms with Gasteiger partial charge in [-0.3, -0.25) is 0 Å². The second kappa shape index (κ2) is 11.4. The number of rotatable bonds is 10. The summed E-state index contributed by atoms with van der Waals surface area (Å²) in [6, 6.07) is 14.2. The summed E-state index contributed by atoms with van der Waals surface area (Å²) in [5.41, 5.74) is 3.90. The van der Waals surface area contributed by atoms with Gasteiger partial charge in [0.05, 0.1) is 31.5 Å². The molecule has 0 saturated heterocycles. The number of fused-ring (bicyclic) bond motifs is 1. The maximum Gasteiger partial charge on any atom is 0.161 e. The molecule has 2 aromatic carbocycles. The molecule has 1 N–H and O–H groups in total. The highest BCUT2D eigenvalue weighted by molar-refractivity contribution is 5.48. The number of aliphatic hydroxyl groups is 1. The number of aryl methyl sites for hydroxylation is 3. The minimum absolute atomic E-state index is 0.608. The first-order valence-electron chi connectivity index (χ1n) is 11.6. The van der Waals surface area contributed by atoms with E-state index in [0.29, 0.717) is 5.56 Å². The summed E-state index contributed by atoms with van der Waals surface area (Å²) in [7, 11) is 5.49. The van der Waals surface area contributed by atoms with Crippen molar-refractivity contribution in [2.45, 2.75) is 57.0 Å². The van der Waals surface area contributed by atoms with Crippen LogP contribution in [0.4, 0.5) is 0 Å². The molecule has 1 aliphatic carbocycles. The molecule has 3 rings (SSSR count). The van der Waals surface area contributed by atoms with Gasteiger partial charge in [0.1, 0.15) is 0 Å². The summed E-state index contributed by atoms with van der Waals surface area (Å²) in [4.78, 5) is 2.36. The fourth-order valence-electron chi connectivity index (χ4n) is 4.63. The monoisotopic (exact) mass is 436 g/mol. The molecular formula is C27H36N2O3. The van der Waals surface area contributed by atoms with Gasteiger partial charge < -0.3 is 19.5 Å². The third-order valence-corrected chi connectivity index (χ3v) is 6.70. The topological polar surface area (TPSA) is 65.7 Å². The highest BCUT2D eigenvalue weighted by atomic mass is 16.5. The first kappa shape index (κ1) is 24.1. The van der Waals surface area contributed by atoms with E-state index in [0.717, 1.165) is 76.0 Å². The van der Waals surface area contributed by atoms with E-state index in [1.165, 1.54) is 16.7 Å². The van der Waals surface area contributed by atoms with Crippen molar-refractivity contribution in [2.75, 3.05) is 34.4 Å². The highest BCUT2D eigenvalue weighted by Crippen LogP contribution is 2.37. The van der Waals surface area contributed by atoms with Gasteiger partial charge in [-0.2, -0.15) is 5.26 Å². The molecule has 5 nitrogen and oxygen atoms in total. The molecule has 0 unspecified atom stereocenters. The van der Waals surface area contributed by atoms with Gasteiger partial charge in [0.15, 0.2) is 11.5 Å². The Morgan fingerprint density at radius 1 is 0.969 bits per heavy atom. The normalized spacial score (nSPS) is 15.0. The molecule has 0 bridgehead atoms. The highest BCUT2D eigenvalue weighted by Gasteiger charge is 2.30. The zero-order chi connectivity index (χ0) is 23.0. The predicted molar refractivity (Wildman–Crippen MR) is 127 cm³/mol. The van der Waals surface area contributed by atoms with Crippen LogP contribution in [-0.4, -0.2) is 50.0 Å². The molecule has 1 aliphatic rings.